The van der Waals surface area contributed by atoms with Crippen molar-refractivity contribution in [3.05, 3.63) is 63.4 Å². The van der Waals surface area contributed by atoms with Crippen molar-refractivity contribution in [2.75, 3.05) is 0 Å². The van der Waals surface area contributed by atoms with Crippen LogP contribution in [0.1, 0.15) is 29.2 Å². The third-order valence-electron chi connectivity index (χ3n) is 3.86. The van der Waals surface area contributed by atoms with E-state index < -0.39 is 6.10 Å². The van der Waals surface area contributed by atoms with Crippen molar-refractivity contribution < 1.29 is 14.2 Å². The first-order valence-corrected chi connectivity index (χ1v) is 7.71. The third kappa shape index (κ3) is 3.11. The van der Waals surface area contributed by atoms with Crippen LogP contribution in [0.4, 0.5) is 4.39 Å². The monoisotopic (exact) mass is 350 g/mol. The molecule has 2 aromatic rings. The molecule has 2 nitrogen and oxygen atoms in total. The molecule has 2 aromatic carbocycles. The molecule has 0 saturated heterocycles. The minimum Gasteiger partial charge on any atom is -0.490 e. The van der Waals surface area contributed by atoms with Crippen molar-refractivity contribution in [2.24, 2.45) is 0 Å². The van der Waals surface area contributed by atoms with Crippen molar-refractivity contribution >= 4 is 15.9 Å². The number of aliphatic hydroxyl groups is 1. The zero-order valence-corrected chi connectivity index (χ0v) is 13.2. The van der Waals surface area contributed by atoms with Crippen LogP contribution in [0, 0.1) is 12.7 Å². The Balaban J connectivity index is 1.81. The van der Waals surface area contributed by atoms with Crippen molar-refractivity contribution in [3.8, 4) is 5.75 Å². The number of fused-ring (bicyclic) bond motifs is 1. The van der Waals surface area contributed by atoms with Gasteiger partial charge in [-0.1, -0.05) is 22.0 Å². The summed E-state index contributed by atoms with van der Waals surface area (Å²) in [4.78, 5) is 0. The molecule has 0 unspecified atom stereocenters. The smallest absolute Gasteiger partial charge is 0.125 e. The number of aliphatic hydroxyl groups excluding tert-OH is 1. The number of hydrogen-bond acceptors (Lipinski definition) is 2. The fraction of sp³-hybridized carbons (Fsp3) is 0.294. The fourth-order valence-corrected chi connectivity index (χ4v) is 3.13. The van der Waals surface area contributed by atoms with Crippen LogP contribution in [0.15, 0.2) is 40.9 Å². The number of aryl methyl sites for hydroxylation is 1. The van der Waals surface area contributed by atoms with Crippen LogP contribution < -0.4 is 4.74 Å². The maximum absolute atomic E-state index is 13.1. The molecular formula is C17H16BrFO2. The van der Waals surface area contributed by atoms with Crippen LogP contribution in [0.5, 0.6) is 5.75 Å². The van der Waals surface area contributed by atoms with E-state index in [-0.39, 0.29) is 11.9 Å². The Bertz CT molecular complexity index is 672. The summed E-state index contributed by atoms with van der Waals surface area (Å²) in [6.45, 7) is 1.89. The number of ether oxygens (including phenoxy) is 1. The third-order valence-corrected chi connectivity index (χ3v) is 4.36. The molecule has 0 bridgehead atoms. The molecule has 2 atom stereocenters. The van der Waals surface area contributed by atoms with Gasteiger partial charge < -0.3 is 9.84 Å². The van der Waals surface area contributed by atoms with E-state index in [1.165, 1.54) is 12.1 Å². The Kier molecular flexibility index (Phi) is 4.00. The van der Waals surface area contributed by atoms with Crippen LogP contribution in [0.3, 0.4) is 0 Å². The molecule has 0 aromatic heterocycles. The van der Waals surface area contributed by atoms with E-state index in [4.69, 9.17) is 4.74 Å². The Morgan fingerprint density at radius 1 is 1.29 bits per heavy atom. The molecule has 0 fully saturated rings. The molecule has 0 saturated carbocycles. The standard InChI is InChI=1S/C17H16BrFO2/c1-10-6-13(19)4-2-11(10)7-14-9-16(20)15-8-12(18)3-5-17(15)21-14/h2-6,8,14,16,20H,7,9H2,1H3/t14-,16+/m1/s1. The van der Waals surface area contributed by atoms with Crippen molar-refractivity contribution in [2.45, 2.75) is 32.0 Å². The lowest BCUT2D eigenvalue weighted by atomic mass is 9.94. The van der Waals surface area contributed by atoms with Gasteiger partial charge in [0.05, 0.1) is 6.10 Å². The summed E-state index contributed by atoms with van der Waals surface area (Å²) in [5, 5.41) is 10.3. The molecule has 110 valence electrons. The summed E-state index contributed by atoms with van der Waals surface area (Å²) in [6.07, 6.45) is 0.578. The number of rotatable bonds is 2. The van der Waals surface area contributed by atoms with E-state index in [1.807, 2.05) is 25.1 Å². The molecule has 0 aliphatic carbocycles. The van der Waals surface area contributed by atoms with Crippen molar-refractivity contribution in [1.29, 1.82) is 0 Å². The second-order valence-electron chi connectivity index (χ2n) is 5.45. The van der Waals surface area contributed by atoms with Crippen molar-refractivity contribution in [1.82, 2.24) is 0 Å². The maximum atomic E-state index is 13.1. The molecule has 1 N–H and O–H groups in total. The molecule has 1 aliphatic heterocycles. The summed E-state index contributed by atoms with van der Waals surface area (Å²) in [5.41, 5.74) is 2.78. The van der Waals surface area contributed by atoms with Crippen LogP contribution in [-0.2, 0) is 6.42 Å². The zero-order chi connectivity index (χ0) is 15.0. The quantitative estimate of drug-likeness (QED) is 0.873. The highest BCUT2D eigenvalue weighted by molar-refractivity contribution is 9.10. The van der Waals surface area contributed by atoms with E-state index in [0.717, 1.165) is 26.9 Å². The normalized spacial score (nSPS) is 20.8. The SMILES string of the molecule is Cc1cc(F)ccc1C[C@@H]1C[C@H](O)c2cc(Br)ccc2O1. The molecule has 4 heteroatoms. The fourth-order valence-electron chi connectivity index (χ4n) is 2.75. The topological polar surface area (TPSA) is 29.5 Å². The minimum atomic E-state index is -0.531. The van der Waals surface area contributed by atoms with Crippen LogP contribution in [-0.4, -0.2) is 11.2 Å². The predicted molar refractivity (Wildman–Crippen MR) is 83.0 cm³/mol. The molecule has 0 amide bonds. The molecule has 1 heterocycles. The van der Waals surface area contributed by atoms with Gasteiger partial charge in [-0.05, 0) is 48.4 Å². The van der Waals surface area contributed by atoms with Gasteiger partial charge in [0.2, 0.25) is 0 Å². The van der Waals surface area contributed by atoms with Gasteiger partial charge in [0.25, 0.3) is 0 Å². The predicted octanol–water partition coefficient (Wildman–Crippen LogP) is 4.32. The lowest BCUT2D eigenvalue weighted by Gasteiger charge is -2.30. The van der Waals surface area contributed by atoms with E-state index in [9.17, 15) is 9.50 Å². The molecule has 0 spiro atoms. The summed E-state index contributed by atoms with van der Waals surface area (Å²) in [6, 6.07) is 10.4. The highest BCUT2D eigenvalue weighted by atomic mass is 79.9. The summed E-state index contributed by atoms with van der Waals surface area (Å²) < 4.78 is 20.0. The summed E-state index contributed by atoms with van der Waals surface area (Å²) >= 11 is 3.40. The Labute approximate surface area is 131 Å². The van der Waals surface area contributed by atoms with Gasteiger partial charge in [-0.3, -0.25) is 0 Å². The first-order chi connectivity index (χ1) is 10.0. The molecular weight excluding hydrogens is 335 g/mol. The number of hydrogen-bond donors (Lipinski definition) is 1. The van der Waals surface area contributed by atoms with E-state index >= 15 is 0 Å². The summed E-state index contributed by atoms with van der Waals surface area (Å²) in [7, 11) is 0. The second-order valence-corrected chi connectivity index (χ2v) is 6.36. The Morgan fingerprint density at radius 2 is 2.10 bits per heavy atom. The highest BCUT2D eigenvalue weighted by Gasteiger charge is 2.27. The Morgan fingerprint density at radius 3 is 2.86 bits per heavy atom. The lowest BCUT2D eigenvalue weighted by molar-refractivity contribution is 0.0661. The van der Waals surface area contributed by atoms with Crippen LogP contribution in [0.25, 0.3) is 0 Å². The van der Waals surface area contributed by atoms with Gasteiger partial charge in [-0.2, -0.15) is 0 Å². The largest absolute Gasteiger partial charge is 0.490 e. The van der Waals surface area contributed by atoms with E-state index in [0.29, 0.717) is 12.8 Å². The molecule has 0 radical (unpaired) electrons. The zero-order valence-electron chi connectivity index (χ0n) is 11.6. The van der Waals surface area contributed by atoms with Crippen LogP contribution >= 0.6 is 15.9 Å². The highest BCUT2D eigenvalue weighted by Crippen LogP contribution is 2.37. The molecule has 21 heavy (non-hydrogen) atoms. The number of halogens is 2. The van der Waals surface area contributed by atoms with Crippen LogP contribution in [0.2, 0.25) is 0 Å². The van der Waals surface area contributed by atoms with E-state index in [2.05, 4.69) is 15.9 Å². The van der Waals surface area contributed by atoms with Gasteiger partial charge in [-0.25, -0.2) is 4.39 Å². The van der Waals surface area contributed by atoms with Gasteiger partial charge in [0, 0.05) is 22.9 Å². The first kappa shape index (κ1) is 14.5. The van der Waals surface area contributed by atoms with Gasteiger partial charge in [0.15, 0.2) is 0 Å². The molecule has 3 rings (SSSR count). The Hall–Kier alpha value is -1.39. The minimum absolute atomic E-state index is 0.0992. The number of benzene rings is 2. The average molecular weight is 351 g/mol. The van der Waals surface area contributed by atoms with Crippen molar-refractivity contribution in [3.63, 3.8) is 0 Å². The maximum Gasteiger partial charge on any atom is 0.125 e. The van der Waals surface area contributed by atoms with Gasteiger partial charge >= 0.3 is 0 Å². The van der Waals surface area contributed by atoms with Gasteiger partial charge in [0.1, 0.15) is 17.7 Å². The average Bonchev–Trinajstić information content (AvgIpc) is 2.43. The first-order valence-electron chi connectivity index (χ1n) is 6.92. The molecule has 1 aliphatic rings. The lowest BCUT2D eigenvalue weighted by Crippen LogP contribution is -2.28. The second kappa shape index (κ2) is 5.78. The van der Waals surface area contributed by atoms with E-state index in [1.54, 1.807) is 6.07 Å². The van der Waals surface area contributed by atoms with Gasteiger partial charge in [-0.15, -0.1) is 0 Å². The summed E-state index contributed by atoms with van der Waals surface area (Å²) in [5.74, 6) is 0.498.